The fraction of sp³-hybridized carbons (Fsp3) is 0.472. The first kappa shape index (κ1) is 37.9. The number of aliphatic carboxylic acids is 1. The minimum absolute atomic E-state index is 0.0560. The van der Waals surface area contributed by atoms with Crippen LogP contribution in [0.2, 0.25) is 0 Å². The molecule has 3 aromatic rings. The van der Waals surface area contributed by atoms with Gasteiger partial charge in [-0.1, -0.05) is 57.2 Å². The molecule has 2 aromatic carbocycles. The molecule has 2 fully saturated rings. The predicted molar refractivity (Wildman–Crippen MR) is 170 cm³/mol. The van der Waals surface area contributed by atoms with Gasteiger partial charge in [0.2, 0.25) is 5.88 Å². The molecule has 0 unspecified atom stereocenters. The third kappa shape index (κ3) is 8.41. The van der Waals surface area contributed by atoms with Gasteiger partial charge < -0.3 is 29.0 Å². The molecule has 1 amide bonds. The molecule has 2 saturated heterocycles. The molecule has 0 bridgehead atoms. The van der Waals surface area contributed by atoms with Crippen LogP contribution in [0.5, 0.6) is 11.6 Å². The number of carbonyl (C=O) groups is 2. The van der Waals surface area contributed by atoms with Crippen molar-refractivity contribution < 1.29 is 60.0 Å². The minimum Gasteiger partial charge on any atom is -0.481 e. The summed E-state index contributed by atoms with van der Waals surface area (Å²) in [7, 11) is 1.24. The number of benzene rings is 2. The lowest BCUT2D eigenvalue weighted by Crippen LogP contribution is -2.51. The number of hydrogen-bond donors (Lipinski definition) is 1. The summed E-state index contributed by atoms with van der Waals surface area (Å²) in [5.74, 6) is -3.42. The SMILES string of the molecule is COc1ncc(C(F)(F)F)cc1CO[C@H]1[C@H](C(C)(C)C)[C@@H](C(=O)O)N(C(=O)[C@@H]2CCCCO2)[C@H]1c1ccccc1-c1ccc(OC(F)(F)F)cc1. The van der Waals surface area contributed by atoms with Gasteiger partial charge in [-0.2, -0.15) is 13.2 Å². The van der Waals surface area contributed by atoms with E-state index in [1.807, 2.05) is 0 Å². The Bertz CT molecular complexity index is 1700. The lowest BCUT2D eigenvalue weighted by molar-refractivity contribution is -0.274. The zero-order chi connectivity index (χ0) is 37.3. The largest absolute Gasteiger partial charge is 0.573 e. The highest BCUT2D eigenvalue weighted by Gasteiger charge is 2.60. The highest BCUT2D eigenvalue weighted by Crippen LogP contribution is 2.52. The Hall–Kier alpha value is -4.37. The van der Waals surface area contributed by atoms with Crippen molar-refractivity contribution in [2.45, 2.75) is 83.5 Å². The molecule has 15 heteroatoms. The smallest absolute Gasteiger partial charge is 0.481 e. The van der Waals surface area contributed by atoms with E-state index in [0.717, 1.165) is 24.6 Å². The third-order valence-electron chi connectivity index (χ3n) is 9.12. The highest BCUT2D eigenvalue weighted by molar-refractivity contribution is 5.89. The average molecular weight is 725 g/mol. The Balaban J connectivity index is 1.68. The Morgan fingerprint density at radius 3 is 2.25 bits per heavy atom. The molecule has 2 aliphatic heterocycles. The number of methoxy groups -OCH3 is 1. The van der Waals surface area contributed by atoms with Crippen LogP contribution in [-0.2, 0) is 31.8 Å². The van der Waals surface area contributed by atoms with Crippen LogP contribution in [0, 0.1) is 11.3 Å². The molecule has 0 radical (unpaired) electrons. The number of hydrogen-bond acceptors (Lipinski definition) is 7. The molecule has 0 aliphatic carbocycles. The van der Waals surface area contributed by atoms with Crippen molar-refractivity contribution in [3.05, 3.63) is 77.5 Å². The summed E-state index contributed by atoms with van der Waals surface area (Å²) in [6, 6.07) is 9.97. The number of aromatic nitrogens is 1. The maximum Gasteiger partial charge on any atom is 0.573 e. The van der Waals surface area contributed by atoms with E-state index in [-0.39, 0.29) is 11.4 Å². The predicted octanol–water partition coefficient (Wildman–Crippen LogP) is 7.83. The van der Waals surface area contributed by atoms with E-state index < -0.39 is 78.0 Å². The number of carbonyl (C=O) groups excluding carboxylic acids is 1. The molecule has 1 aromatic heterocycles. The number of halogens is 6. The topological polar surface area (TPSA) is 107 Å². The van der Waals surface area contributed by atoms with Gasteiger partial charge in [-0.15, -0.1) is 13.2 Å². The van der Waals surface area contributed by atoms with Crippen molar-refractivity contribution >= 4 is 11.9 Å². The number of likely N-dealkylation sites (tertiary alicyclic amines) is 1. The quantitative estimate of drug-likeness (QED) is 0.223. The van der Waals surface area contributed by atoms with Crippen LogP contribution in [0.25, 0.3) is 11.1 Å². The Labute approximate surface area is 290 Å². The van der Waals surface area contributed by atoms with Crippen molar-refractivity contribution in [3.63, 3.8) is 0 Å². The van der Waals surface area contributed by atoms with Crippen molar-refractivity contribution in [1.29, 1.82) is 0 Å². The van der Waals surface area contributed by atoms with Crippen molar-refractivity contribution in [2.75, 3.05) is 13.7 Å². The fourth-order valence-electron chi connectivity index (χ4n) is 7.00. The number of rotatable bonds is 9. The van der Waals surface area contributed by atoms with Gasteiger partial charge in [-0.25, -0.2) is 9.78 Å². The van der Waals surface area contributed by atoms with Crippen LogP contribution in [0.4, 0.5) is 26.3 Å². The summed E-state index contributed by atoms with van der Waals surface area (Å²) in [6.07, 6.45) is -9.37. The van der Waals surface area contributed by atoms with Crippen LogP contribution >= 0.6 is 0 Å². The summed E-state index contributed by atoms with van der Waals surface area (Å²) in [5, 5.41) is 10.8. The van der Waals surface area contributed by atoms with Gasteiger partial charge in [0.1, 0.15) is 17.9 Å². The maximum absolute atomic E-state index is 14.5. The van der Waals surface area contributed by atoms with Gasteiger partial charge >= 0.3 is 18.5 Å². The number of pyridine rings is 1. The Morgan fingerprint density at radius 2 is 1.69 bits per heavy atom. The lowest BCUT2D eigenvalue weighted by atomic mass is 9.73. The molecule has 51 heavy (non-hydrogen) atoms. The average Bonchev–Trinajstić information content (AvgIpc) is 3.42. The van der Waals surface area contributed by atoms with Crippen LogP contribution < -0.4 is 9.47 Å². The molecule has 5 atom stereocenters. The van der Waals surface area contributed by atoms with Crippen LogP contribution in [0.15, 0.2) is 60.8 Å². The van der Waals surface area contributed by atoms with Crippen LogP contribution in [-0.4, -0.2) is 65.2 Å². The molecule has 0 saturated carbocycles. The molecule has 2 aliphatic rings. The summed E-state index contributed by atoms with van der Waals surface area (Å²) >= 11 is 0. The first-order chi connectivity index (χ1) is 23.9. The van der Waals surface area contributed by atoms with Crippen LogP contribution in [0.3, 0.4) is 0 Å². The first-order valence-electron chi connectivity index (χ1n) is 16.2. The van der Waals surface area contributed by atoms with E-state index in [0.29, 0.717) is 42.3 Å². The highest BCUT2D eigenvalue weighted by atomic mass is 19.4. The van der Waals surface area contributed by atoms with Gasteiger partial charge in [0, 0.05) is 24.3 Å². The molecular formula is C36H38F6N2O7. The number of amides is 1. The number of ether oxygens (including phenoxy) is 4. The molecule has 276 valence electrons. The van der Waals surface area contributed by atoms with E-state index in [1.54, 1.807) is 45.0 Å². The Morgan fingerprint density at radius 1 is 1.00 bits per heavy atom. The monoisotopic (exact) mass is 724 g/mol. The fourth-order valence-corrected chi connectivity index (χ4v) is 7.00. The van der Waals surface area contributed by atoms with Crippen molar-refractivity contribution in [2.24, 2.45) is 11.3 Å². The number of alkyl halides is 6. The summed E-state index contributed by atoms with van der Waals surface area (Å²) < 4.78 is 101. The van der Waals surface area contributed by atoms with Crippen molar-refractivity contribution in [3.8, 4) is 22.8 Å². The summed E-state index contributed by atoms with van der Waals surface area (Å²) in [4.78, 5) is 32.8. The first-order valence-corrected chi connectivity index (χ1v) is 16.2. The molecular weight excluding hydrogens is 686 g/mol. The van der Waals surface area contributed by atoms with Gasteiger partial charge in [-0.05, 0) is 59.6 Å². The van der Waals surface area contributed by atoms with E-state index in [9.17, 15) is 41.0 Å². The molecule has 1 N–H and O–H groups in total. The van der Waals surface area contributed by atoms with E-state index in [1.165, 1.54) is 24.1 Å². The van der Waals surface area contributed by atoms with Gasteiger partial charge in [0.15, 0.2) is 0 Å². The van der Waals surface area contributed by atoms with Gasteiger partial charge in [-0.3, -0.25) is 4.79 Å². The van der Waals surface area contributed by atoms with E-state index in [4.69, 9.17) is 14.2 Å². The second-order valence-corrected chi connectivity index (χ2v) is 13.5. The lowest BCUT2D eigenvalue weighted by Gasteiger charge is -2.35. The maximum atomic E-state index is 14.5. The van der Waals surface area contributed by atoms with Crippen LogP contribution in [0.1, 0.15) is 62.8 Å². The number of carboxylic acids is 1. The van der Waals surface area contributed by atoms with E-state index in [2.05, 4.69) is 9.72 Å². The zero-order valence-corrected chi connectivity index (χ0v) is 28.3. The second-order valence-electron chi connectivity index (χ2n) is 13.5. The number of carboxylic acid groups (broad SMARTS) is 1. The second kappa shape index (κ2) is 14.7. The summed E-state index contributed by atoms with van der Waals surface area (Å²) in [6.45, 7) is 5.14. The number of nitrogens with zero attached hydrogens (tertiary/aromatic N) is 2. The van der Waals surface area contributed by atoms with E-state index >= 15 is 0 Å². The molecule has 0 spiro atoms. The molecule has 5 rings (SSSR count). The normalized spacial score (nSPS) is 22.9. The zero-order valence-electron chi connectivity index (χ0n) is 28.3. The van der Waals surface area contributed by atoms with Crippen molar-refractivity contribution in [1.82, 2.24) is 9.88 Å². The minimum atomic E-state index is -4.92. The van der Waals surface area contributed by atoms with Gasteiger partial charge in [0.05, 0.1) is 31.4 Å². The third-order valence-corrected chi connectivity index (χ3v) is 9.12. The molecule has 9 nitrogen and oxygen atoms in total. The van der Waals surface area contributed by atoms with Gasteiger partial charge in [0.25, 0.3) is 5.91 Å². The summed E-state index contributed by atoms with van der Waals surface area (Å²) in [5.41, 5.74) is -0.669. The standard InChI is InChI=1S/C36H38F6N2O7/c1-34(2,3)27-29(33(46)47)44(32(45)26-11-7-8-16-49-26)28(30(27)50-19-21-17-22(35(37,38)39)18-43-31(21)48-4)25-10-6-5-9-24(25)20-12-14-23(15-13-20)51-36(40,41)42/h5-6,9-10,12-15,17-18,26-30H,7-8,11,16,19H2,1-4H3,(H,46,47)/t26-,27+,28-,29-,30-/m0/s1. The Kier molecular flexibility index (Phi) is 10.9. The molecule has 3 heterocycles.